The Morgan fingerprint density at radius 3 is 2.77 bits per heavy atom. The van der Waals surface area contributed by atoms with Gasteiger partial charge in [-0.05, 0) is 42.8 Å². The fraction of sp³-hybridized carbons (Fsp3) is 0.200. The molecule has 0 saturated carbocycles. The van der Waals surface area contributed by atoms with Crippen molar-refractivity contribution >= 4 is 22.6 Å². The number of aromatic hydroxyl groups is 1. The number of nitrogens with zero attached hydrogens (tertiary/aromatic N) is 2. The van der Waals surface area contributed by atoms with E-state index in [2.05, 4.69) is 5.32 Å². The molecule has 2 heterocycles. The highest BCUT2D eigenvalue weighted by Gasteiger charge is 2.21. The number of ether oxygens (including phenoxy) is 1. The number of pyridine rings is 1. The van der Waals surface area contributed by atoms with Crippen molar-refractivity contribution in [1.29, 1.82) is 0 Å². The molecule has 132 valence electrons. The van der Waals surface area contributed by atoms with E-state index >= 15 is 0 Å². The van der Waals surface area contributed by atoms with E-state index in [0.29, 0.717) is 18.8 Å². The average molecular weight is 349 g/mol. The van der Waals surface area contributed by atoms with Gasteiger partial charge in [0, 0.05) is 35.8 Å². The fourth-order valence-corrected chi connectivity index (χ4v) is 3.31. The molecule has 6 nitrogen and oxygen atoms in total. The monoisotopic (exact) mass is 349 g/mol. The number of hydrogen-bond donors (Lipinski definition) is 2. The first kappa shape index (κ1) is 16.2. The van der Waals surface area contributed by atoms with Crippen LogP contribution in [0.5, 0.6) is 11.5 Å². The number of benzene rings is 2. The van der Waals surface area contributed by atoms with Gasteiger partial charge in [0.25, 0.3) is 0 Å². The van der Waals surface area contributed by atoms with Gasteiger partial charge in [-0.3, -0.25) is 4.90 Å². The number of rotatable bonds is 3. The Kier molecular flexibility index (Phi) is 3.88. The number of methoxy groups -OCH3 is 1. The summed E-state index contributed by atoms with van der Waals surface area (Å²) >= 11 is 0. The third-order valence-corrected chi connectivity index (χ3v) is 4.63. The van der Waals surface area contributed by atoms with E-state index in [9.17, 15) is 9.90 Å². The number of anilines is 1. The van der Waals surface area contributed by atoms with Crippen LogP contribution >= 0.6 is 0 Å². The Morgan fingerprint density at radius 2 is 2.04 bits per heavy atom. The highest BCUT2D eigenvalue weighted by Crippen LogP contribution is 2.34. The van der Waals surface area contributed by atoms with Crippen molar-refractivity contribution in [2.75, 3.05) is 25.1 Å². The maximum absolute atomic E-state index is 11.9. The topological polar surface area (TPSA) is 74.7 Å². The maximum Gasteiger partial charge on any atom is 0.321 e. The van der Waals surface area contributed by atoms with Crippen molar-refractivity contribution in [3.63, 3.8) is 0 Å². The zero-order valence-corrected chi connectivity index (χ0v) is 14.6. The van der Waals surface area contributed by atoms with Gasteiger partial charge < -0.3 is 15.2 Å². The molecule has 4 rings (SSSR count). The molecule has 1 aliphatic heterocycles. The zero-order valence-electron chi connectivity index (χ0n) is 14.6. The van der Waals surface area contributed by atoms with Crippen molar-refractivity contribution < 1.29 is 14.6 Å². The minimum absolute atomic E-state index is 0.0857. The number of carbonyl (C=O) groups is 1. The normalized spacial score (nSPS) is 13.9. The van der Waals surface area contributed by atoms with E-state index in [0.717, 1.165) is 33.4 Å². The number of amides is 2. The Labute approximate surface area is 151 Å². The highest BCUT2D eigenvalue weighted by atomic mass is 16.5. The fourth-order valence-electron chi connectivity index (χ4n) is 3.31. The predicted octanol–water partition coefficient (Wildman–Crippen LogP) is 3.45. The van der Waals surface area contributed by atoms with Crippen molar-refractivity contribution in [3.05, 3.63) is 48.0 Å². The first-order chi connectivity index (χ1) is 12.6. The maximum atomic E-state index is 11.9. The summed E-state index contributed by atoms with van der Waals surface area (Å²) in [6.07, 6.45) is 0. The zero-order chi connectivity index (χ0) is 18.3. The smallest absolute Gasteiger partial charge is 0.321 e. The second-order valence-electron chi connectivity index (χ2n) is 6.29. The lowest BCUT2D eigenvalue weighted by molar-refractivity contribution is 0.252. The van der Waals surface area contributed by atoms with E-state index in [4.69, 9.17) is 9.72 Å². The number of fused-ring (bicyclic) bond motifs is 1. The van der Waals surface area contributed by atoms with E-state index in [1.165, 1.54) is 0 Å². The van der Waals surface area contributed by atoms with Crippen LogP contribution in [0.3, 0.4) is 0 Å². The molecule has 0 aliphatic carbocycles. The highest BCUT2D eigenvalue weighted by molar-refractivity contribution is 5.97. The number of phenolic OH excluding ortho intramolecular Hbond substituents is 1. The molecule has 1 aromatic heterocycles. The van der Waals surface area contributed by atoms with E-state index in [1.54, 1.807) is 30.2 Å². The largest absolute Gasteiger partial charge is 0.508 e. The number of urea groups is 1. The van der Waals surface area contributed by atoms with Crippen LogP contribution < -0.4 is 15.0 Å². The standard InChI is InChI=1S/C20H19N3O3/c1-12-9-17(16-6-4-14(24)11-19(16)26-2)22-18-10-13(3-5-15(12)18)23-8-7-21-20(23)25/h3-6,9-11,24H,7-8H2,1-2H3,(H,21,25). The molecule has 0 bridgehead atoms. The molecule has 26 heavy (non-hydrogen) atoms. The number of carbonyl (C=O) groups excluding carboxylic acids is 1. The molecule has 3 aromatic rings. The lowest BCUT2D eigenvalue weighted by Gasteiger charge is -2.16. The Morgan fingerprint density at radius 1 is 1.19 bits per heavy atom. The molecule has 6 heteroatoms. The minimum Gasteiger partial charge on any atom is -0.508 e. The summed E-state index contributed by atoms with van der Waals surface area (Å²) in [5.41, 5.74) is 4.29. The molecule has 1 saturated heterocycles. The molecule has 2 N–H and O–H groups in total. The molecule has 2 aromatic carbocycles. The molecule has 0 radical (unpaired) electrons. The Bertz CT molecular complexity index is 1020. The van der Waals surface area contributed by atoms with Gasteiger partial charge in [-0.25, -0.2) is 9.78 Å². The second kappa shape index (κ2) is 6.22. The summed E-state index contributed by atoms with van der Waals surface area (Å²) < 4.78 is 5.39. The van der Waals surface area contributed by atoms with Gasteiger partial charge in [0.15, 0.2) is 0 Å². The number of hydrogen-bond acceptors (Lipinski definition) is 4. The number of phenols is 1. The molecule has 1 aliphatic rings. The molecule has 2 amide bonds. The Hall–Kier alpha value is -3.28. The van der Waals surface area contributed by atoms with Gasteiger partial charge in [0.05, 0.1) is 18.3 Å². The summed E-state index contributed by atoms with van der Waals surface area (Å²) in [5.74, 6) is 0.705. The summed E-state index contributed by atoms with van der Waals surface area (Å²) in [6.45, 7) is 3.32. The van der Waals surface area contributed by atoms with Gasteiger partial charge in [0.1, 0.15) is 11.5 Å². The van der Waals surface area contributed by atoms with Crippen LogP contribution in [0.4, 0.5) is 10.5 Å². The lowest BCUT2D eigenvalue weighted by atomic mass is 10.0. The molecule has 0 atom stereocenters. The number of nitrogens with one attached hydrogen (secondary N) is 1. The van der Waals surface area contributed by atoms with Crippen molar-refractivity contribution in [1.82, 2.24) is 10.3 Å². The van der Waals surface area contributed by atoms with Gasteiger partial charge in [-0.1, -0.05) is 6.07 Å². The van der Waals surface area contributed by atoms with Crippen LogP contribution in [-0.2, 0) is 0 Å². The molecular weight excluding hydrogens is 330 g/mol. The summed E-state index contributed by atoms with van der Waals surface area (Å²) in [7, 11) is 1.57. The van der Waals surface area contributed by atoms with Crippen LogP contribution in [-0.4, -0.2) is 36.3 Å². The van der Waals surface area contributed by atoms with Crippen LogP contribution in [0.2, 0.25) is 0 Å². The van der Waals surface area contributed by atoms with Crippen LogP contribution in [0.1, 0.15) is 5.56 Å². The van der Waals surface area contributed by atoms with Crippen molar-refractivity contribution in [2.45, 2.75) is 6.92 Å². The third kappa shape index (κ3) is 2.69. The summed E-state index contributed by atoms with van der Waals surface area (Å²) in [4.78, 5) is 18.4. The molecule has 0 unspecified atom stereocenters. The third-order valence-electron chi connectivity index (χ3n) is 4.63. The number of aromatic nitrogens is 1. The van der Waals surface area contributed by atoms with Gasteiger partial charge in [-0.2, -0.15) is 0 Å². The summed E-state index contributed by atoms with van der Waals surface area (Å²) in [6, 6.07) is 12.8. The second-order valence-corrected chi connectivity index (χ2v) is 6.29. The van der Waals surface area contributed by atoms with Gasteiger partial charge >= 0.3 is 6.03 Å². The lowest BCUT2D eigenvalue weighted by Crippen LogP contribution is -2.27. The van der Waals surface area contributed by atoms with E-state index < -0.39 is 0 Å². The van der Waals surface area contributed by atoms with E-state index in [1.807, 2.05) is 31.2 Å². The Balaban J connectivity index is 1.86. The number of aryl methyl sites for hydroxylation is 1. The predicted molar refractivity (Wildman–Crippen MR) is 101 cm³/mol. The molecule has 1 fully saturated rings. The molecule has 0 spiro atoms. The summed E-state index contributed by atoms with van der Waals surface area (Å²) in [5, 5.41) is 13.5. The van der Waals surface area contributed by atoms with Crippen LogP contribution in [0.25, 0.3) is 22.2 Å². The minimum atomic E-state index is -0.0857. The average Bonchev–Trinajstić information content (AvgIpc) is 3.07. The first-order valence-corrected chi connectivity index (χ1v) is 8.41. The van der Waals surface area contributed by atoms with Crippen molar-refractivity contribution in [2.24, 2.45) is 0 Å². The quantitative estimate of drug-likeness (QED) is 0.759. The SMILES string of the molecule is COc1cc(O)ccc1-c1cc(C)c2ccc(N3CCNC3=O)cc2n1. The molecular formula is C20H19N3O3. The first-order valence-electron chi connectivity index (χ1n) is 8.41. The van der Waals surface area contributed by atoms with Gasteiger partial charge in [-0.15, -0.1) is 0 Å². The van der Waals surface area contributed by atoms with E-state index in [-0.39, 0.29) is 11.8 Å². The van der Waals surface area contributed by atoms with Gasteiger partial charge in [0.2, 0.25) is 0 Å². The van der Waals surface area contributed by atoms with Crippen LogP contribution in [0, 0.1) is 6.92 Å². The van der Waals surface area contributed by atoms with Crippen LogP contribution in [0.15, 0.2) is 42.5 Å². The van der Waals surface area contributed by atoms with Crippen molar-refractivity contribution in [3.8, 4) is 22.8 Å².